The maximum atomic E-state index is 12.3. The van der Waals surface area contributed by atoms with Crippen LogP contribution in [0.4, 0.5) is 10.6 Å². The summed E-state index contributed by atoms with van der Waals surface area (Å²) in [6, 6.07) is 12.3. The number of nitrogens with zero attached hydrogens (tertiary/aromatic N) is 5. The highest BCUT2D eigenvalue weighted by Gasteiger charge is 2.31. The van der Waals surface area contributed by atoms with Crippen LogP contribution < -0.4 is 10.2 Å². The SMILES string of the molecule is N#CC1CN(c2ncnc3cc(Cl)c(-c4ccc(Cl)cc4)cc23)CCN1C(=O)NCCO. The van der Waals surface area contributed by atoms with Crippen LogP contribution in [0.5, 0.6) is 0 Å². The first kappa shape index (κ1) is 22.1. The summed E-state index contributed by atoms with van der Waals surface area (Å²) in [4.78, 5) is 24.6. The Hall–Kier alpha value is -3.12. The van der Waals surface area contributed by atoms with Gasteiger partial charge in [0.15, 0.2) is 0 Å². The van der Waals surface area contributed by atoms with Gasteiger partial charge in [-0.3, -0.25) is 0 Å². The van der Waals surface area contributed by atoms with E-state index in [1.165, 1.54) is 11.2 Å². The van der Waals surface area contributed by atoms with Crippen molar-refractivity contribution in [3.8, 4) is 17.2 Å². The van der Waals surface area contributed by atoms with Crippen molar-refractivity contribution in [1.82, 2.24) is 20.2 Å². The van der Waals surface area contributed by atoms with Gasteiger partial charge in [-0.25, -0.2) is 14.8 Å². The van der Waals surface area contributed by atoms with E-state index in [1.807, 2.05) is 23.1 Å². The standard InChI is InChI=1S/C22H20Cl2N6O2/c23-15-3-1-14(2-4-15)17-9-18-20(10-19(17)24)27-13-28-21(18)29-6-7-30(16(11-25)12-29)22(32)26-5-8-31/h1-4,9-10,13,16,31H,5-8,12H2,(H,26,32). The summed E-state index contributed by atoms with van der Waals surface area (Å²) in [7, 11) is 0. The average Bonchev–Trinajstić information content (AvgIpc) is 2.82. The van der Waals surface area contributed by atoms with Crippen LogP contribution in [0.1, 0.15) is 0 Å². The molecule has 1 fully saturated rings. The highest BCUT2D eigenvalue weighted by molar-refractivity contribution is 6.34. The lowest BCUT2D eigenvalue weighted by molar-refractivity contribution is 0.177. The number of aliphatic hydroxyl groups is 1. The Kier molecular flexibility index (Phi) is 6.61. The molecule has 2 amide bonds. The summed E-state index contributed by atoms with van der Waals surface area (Å²) in [6.07, 6.45) is 1.47. The first-order valence-electron chi connectivity index (χ1n) is 10.0. The monoisotopic (exact) mass is 470 g/mol. The molecule has 2 heterocycles. The quantitative estimate of drug-likeness (QED) is 0.605. The van der Waals surface area contributed by atoms with E-state index in [1.54, 1.807) is 18.2 Å². The summed E-state index contributed by atoms with van der Waals surface area (Å²) in [5, 5.41) is 23.2. The fourth-order valence-corrected chi connectivity index (χ4v) is 4.15. The van der Waals surface area contributed by atoms with Crippen LogP contribution >= 0.6 is 23.2 Å². The molecule has 10 heteroatoms. The molecular weight excluding hydrogens is 451 g/mol. The molecule has 32 heavy (non-hydrogen) atoms. The van der Waals surface area contributed by atoms with E-state index in [4.69, 9.17) is 28.3 Å². The molecule has 0 aliphatic carbocycles. The largest absolute Gasteiger partial charge is 0.395 e. The van der Waals surface area contributed by atoms with E-state index in [0.29, 0.717) is 41.0 Å². The van der Waals surface area contributed by atoms with Gasteiger partial charge in [-0.05, 0) is 29.8 Å². The van der Waals surface area contributed by atoms with E-state index in [0.717, 1.165) is 16.5 Å². The lowest BCUT2D eigenvalue weighted by Gasteiger charge is -2.39. The van der Waals surface area contributed by atoms with Crippen LogP contribution in [0.3, 0.4) is 0 Å². The zero-order chi connectivity index (χ0) is 22.7. The second kappa shape index (κ2) is 9.57. The van der Waals surface area contributed by atoms with E-state index in [9.17, 15) is 10.1 Å². The lowest BCUT2D eigenvalue weighted by atomic mass is 10.0. The van der Waals surface area contributed by atoms with Crippen LogP contribution in [0, 0.1) is 11.3 Å². The van der Waals surface area contributed by atoms with Gasteiger partial charge < -0.3 is 20.2 Å². The van der Waals surface area contributed by atoms with Crippen molar-refractivity contribution in [1.29, 1.82) is 5.26 Å². The Morgan fingerprint density at radius 2 is 2.00 bits per heavy atom. The van der Waals surface area contributed by atoms with Crippen LogP contribution in [0.25, 0.3) is 22.0 Å². The van der Waals surface area contributed by atoms with Crippen LogP contribution in [0.15, 0.2) is 42.7 Å². The van der Waals surface area contributed by atoms with Crippen molar-refractivity contribution >= 4 is 46.0 Å². The number of piperazine rings is 1. The number of rotatable bonds is 4. The number of nitriles is 1. The third kappa shape index (κ3) is 4.41. The van der Waals surface area contributed by atoms with Crippen LogP contribution in [0.2, 0.25) is 10.0 Å². The number of urea groups is 1. The van der Waals surface area contributed by atoms with Gasteiger partial charge in [0.1, 0.15) is 18.2 Å². The van der Waals surface area contributed by atoms with Gasteiger partial charge >= 0.3 is 6.03 Å². The molecule has 0 bridgehead atoms. The van der Waals surface area contributed by atoms with Crippen molar-refractivity contribution in [2.75, 3.05) is 37.7 Å². The van der Waals surface area contributed by atoms with Crippen molar-refractivity contribution in [3.63, 3.8) is 0 Å². The van der Waals surface area contributed by atoms with Crippen molar-refractivity contribution in [2.24, 2.45) is 0 Å². The summed E-state index contributed by atoms with van der Waals surface area (Å²) in [5.41, 5.74) is 2.43. The smallest absolute Gasteiger partial charge is 0.318 e. The molecule has 1 unspecified atom stereocenters. The molecule has 3 aromatic rings. The summed E-state index contributed by atoms with van der Waals surface area (Å²) in [5.74, 6) is 0.678. The molecule has 8 nitrogen and oxygen atoms in total. The number of fused-ring (bicyclic) bond motifs is 1. The van der Waals surface area contributed by atoms with Gasteiger partial charge in [-0.1, -0.05) is 35.3 Å². The van der Waals surface area contributed by atoms with Gasteiger partial charge in [0.05, 0.1) is 29.8 Å². The number of anilines is 1. The Labute approximate surface area is 195 Å². The van der Waals surface area contributed by atoms with E-state index in [2.05, 4.69) is 21.4 Å². The molecular formula is C22H20Cl2N6O2. The number of nitrogens with one attached hydrogen (secondary N) is 1. The number of halogens is 2. The van der Waals surface area contributed by atoms with Gasteiger partial charge in [0.2, 0.25) is 0 Å². The highest BCUT2D eigenvalue weighted by Crippen LogP contribution is 2.35. The number of carbonyl (C=O) groups excluding carboxylic acids is 1. The number of hydrogen-bond acceptors (Lipinski definition) is 6. The average molecular weight is 471 g/mol. The third-order valence-electron chi connectivity index (χ3n) is 5.34. The molecule has 1 aliphatic rings. The molecule has 4 rings (SSSR count). The predicted octanol–water partition coefficient (Wildman–Crippen LogP) is 3.32. The molecule has 0 saturated carbocycles. The molecule has 0 spiro atoms. The van der Waals surface area contributed by atoms with Gasteiger partial charge in [-0.2, -0.15) is 5.26 Å². The lowest BCUT2D eigenvalue weighted by Crippen LogP contribution is -2.57. The molecule has 164 valence electrons. The number of aliphatic hydroxyl groups excluding tert-OH is 1. The number of benzene rings is 2. The van der Waals surface area contributed by atoms with Crippen LogP contribution in [-0.4, -0.2) is 64.8 Å². The van der Waals surface area contributed by atoms with Crippen molar-refractivity contribution in [2.45, 2.75) is 6.04 Å². The molecule has 1 saturated heterocycles. The normalized spacial score (nSPS) is 16.1. The van der Waals surface area contributed by atoms with E-state index >= 15 is 0 Å². The Morgan fingerprint density at radius 1 is 1.22 bits per heavy atom. The fourth-order valence-electron chi connectivity index (χ4n) is 3.76. The predicted molar refractivity (Wildman–Crippen MR) is 124 cm³/mol. The van der Waals surface area contributed by atoms with Gasteiger partial charge in [0, 0.05) is 35.6 Å². The number of amides is 2. The Morgan fingerprint density at radius 3 is 2.72 bits per heavy atom. The fraction of sp³-hybridized carbons (Fsp3) is 0.273. The summed E-state index contributed by atoms with van der Waals surface area (Å²) in [6.45, 7) is 1.12. The van der Waals surface area contributed by atoms with Crippen LogP contribution in [-0.2, 0) is 0 Å². The number of hydrogen-bond donors (Lipinski definition) is 2. The second-order valence-corrected chi connectivity index (χ2v) is 8.14. The minimum Gasteiger partial charge on any atom is -0.395 e. The van der Waals surface area contributed by atoms with Crippen molar-refractivity contribution < 1.29 is 9.90 Å². The van der Waals surface area contributed by atoms with E-state index < -0.39 is 6.04 Å². The third-order valence-corrected chi connectivity index (χ3v) is 5.90. The van der Waals surface area contributed by atoms with Gasteiger partial charge in [-0.15, -0.1) is 0 Å². The first-order chi connectivity index (χ1) is 15.5. The summed E-state index contributed by atoms with van der Waals surface area (Å²) >= 11 is 12.6. The van der Waals surface area contributed by atoms with Crippen molar-refractivity contribution in [3.05, 3.63) is 52.8 Å². The van der Waals surface area contributed by atoms with Gasteiger partial charge in [0.25, 0.3) is 0 Å². The number of carbonyl (C=O) groups is 1. The Bertz CT molecular complexity index is 1180. The molecule has 1 aliphatic heterocycles. The molecule has 1 atom stereocenters. The maximum absolute atomic E-state index is 12.3. The maximum Gasteiger partial charge on any atom is 0.318 e. The highest BCUT2D eigenvalue weighted by atomic mass is 35.5. The minimum absolute atomic E-state index is 0.141. The summed E-state index contributed by atoms with van der Waals surface area (Å²) < 4.78 is 0. The first-order valence-corrected chi connectivity index (χ1v) is 10.8. The topological polar surface area (TPSA) is 105 Å². The van der Waals surface area contributed by atoms with E-state index in [-0.39, 0.29) is 19.2 Å². The zero-order valence-electron chi connectivity index (χ0n) is 17.0. The molecule has 0 radical (unpaired) electrons. The Balaban J connectivity index is 1.67. The number of aromatic nitrogens is 2. The minimum atomic E-state index is -0.657. The zero-order valence-corrected chi connectivity index (χ0v) is 18.5. The molecule has 1 aromatic heterocycles. The second-order valence-electron chi connectivity index (χ2n) is 7.29. The molecule has 2 N–H and O–H groups in total. The molecule has 2 aromatic carbocycles.